The maximum atomic E-state index is 13.3. The molecule has 0 saturated carbocycles. The van der Waals surface area contributed by atoms with Crippen LogP contribution in [0.25, 0.3) is 0 Å². The van der Waals surface area contributed by atoms with Gasteiger partial charge >= 0.3 is 12.4 Å². The zero-order valence-electron chi connectivity index (χ0n) is 28.2. The van der Waals surface area contributed by atoms with Gasteiger partial charge in [-0.1, -0.05) is 26.0 Å². The summed E-state index contributed by atoms with van der Waals surface area (Å²) in [5.41, 5.74) is 5.69. The quantitative estimate of drug-likeness (QED) is 0.251. The number of carbonyl (C=O) groups is 2. The predicted octanol–water partition coefficient (Wildman–Crippen LogP) is 5.87. The first-order chi connectivity index (χ1) is 22.9. The molecule has 48 heavy (non-hydrogen) atoms. The Morgan fingerprint density at radius 3 is 1.92 bits per heavy atom. The van der Waals surface area contributed by atoms with Crippen molar-refractivity contribution < 1.29 is 35.9 Å². The number of piperidine rings is 1. The average Bonchev–Trinajstić information content (AvgIpc) is 3.64. The Hall–Kier alpha value is -3.46. The molecule has 1 aromatic carbocycles. The molecule has 0 aliphatic carbocycles. The van der Waals surface area contributed by atoms with Gasteiger partial charge in [0.1, 0.15) is 18.4 Å². The molecule has 9 nitrogen and oxygen atoms in total. The Balaban J connectivity index is 0.000000536. The third-order valence-electron chi connectivity index (χ3n) is 7.75. The molecule has 2 aliphatic heterocycles. The summed E-state index contributed by atoms with van der Waals surface area (Å²) in [5.74, 6) is 0.167. The molecular weight excluding hydrogens is 640 g/mol. The lowest BCUT2D eigenvalue weighted by Crippen LogP contribution is -2.35. The largest absolute Gasteiger partial charge is 0.451 e. The molecule has 0 spiro atoms. The molecule has 2 aliphatic rings. The molecule has 2 fully saturated rings. The second-order valence-corrected chi connectivity index (χ2v) is 11.1. The summed E-state index contributed by atoms with van der Waals surface area (Å²) in [6.07, 6.45) is -2.10. The van der Waals surface area contributed by atoms with Gasteiger partial charge in [0.25, 0.3) is 0 Å². The van der Waals surface area contributed by atoms with Gasteiger partial charge in [0.15, 0.2) is 0 Å². The number of nitrogens with two attached hydrogens (primary N) is 1. The number of rotatable bonds is 11. The third kappa shape index (κ3) is 15.2. The van der Waals surface area contributed by atoms with E-state index >= 15 is 0 Å². The van der Waals surface area contributed by atoms with Crippen LogP contribution in [0, 0.1) is 5.92 Å². The Morgan fingerprint density at radius 2 is 1.44 bits per heavy atom. The molecule has 2 aromatic rings. The number of benzene rings is 1. The standard InChI is InChI=1S/C20H31F3N6O.C10H12F3N.C2H6.CH2O/c21-20(22,23)19-26-16(28-10-1-2-11-28)14-17(27-19)29-12-6-15(7-13-29)4-3-5-18(30)25-9-8-24;1-14-7-6-8-2-4-9(5-3-8)10(11,12)13;2*1-2/h14-15H,1-13,24H2,(H,25,30);2-5,14H,6-7H2,1H3;1-2H3;1H2. The minimum atomic E-state index is -4.56. The minimum Gasteiger partial charge on any atom is -0.356 e. The molecule has 2 saturated heterocycles. The van der Waals surface area contributed by atoms with Crippen LogP contribution in [0.5, 0.6) is 0 Å². The maximum absolute atomic E-state index is 13.3. The van der Waals surface area contributed by atoms with Crippen molar-refractivity contribution in [1.82, 2.24) is 20.6 Å². The van der Waals surface area contributed by atoms with E-state index in [1.54, 1.807) is 6.07 Å². The van der Waals surface area contributed by atoms with Gasteiger partial charge in [-0.15, -0.1) is 0 Å². The number of alkyl halides is 6. The van der Waals surface area contributed by atoms with E-state index in [1.807, 2.05) is 37.5 Å². The number of nitrogens with one attached hydrogen (secondary N) is 2. The van der Waals surface area contributed by atoms with E-state index in [2.05, 4.69) is 20.6 Å². The van der Waals surface area contributed by atoms with Crippen LogP contribution in [0.15, 0.2) is 30.3 Å². The van der Waals surface area contributed by atoms with E-state index in [9.17, 15) is 31.1 Å². The average molecular weight is 692 g/mol. The first-order valence-corrected chi connectivity index (χ1v) is 16.4. The molecule has 272 valence electrons. The number of halogens is 6. The lowest BCUT2D eigenvalue weighted by atomic mass is 9.91. The molecule has 15 heteroatoms. The fourth-order valence-electron chi connectivity index (χ4n) is 5.25. The molecule has 3 heterocycles. The smallest absolute Gasteiger partial charge is 0.356 e. The number of hydrogen-bond acceptors (Lipinski definition) is 8. The Labute approximate surface area is 280 Å². The van der Waals surface area contributed by atoms with Crippen LogP contribution in [0.1, 0.15) is 75.7 Å². The van der Waals surface area contributed by atoms with Crippen molar-refractivity contribution in [3.8, 4) is 0 Å². The molecule has 0 bridgehead atoms. The Bertz CT molecular complexity index is 1170. The highest BCUT2D eigenvalue weighted by atomic mass is 19.4. The first-order valence-electron chi connectivity index (χ1n) is 16.4. The highest BCUT2D eigenvalue weighted by Gasteiger charge is 2.37. The van der Waals surface area contributed by atoms with Crippen LogP contribution >= 0.6 is 0 Å². The topological polar surface area (TPSA) is 116 Å². The summed E-state index contributed by atoms with van der Waals surface area (Å²) in [7, 11) is 1.81. The monoisotopic (exact) mass is 691 g/mol. The summed E-state index contributed by atoms with van der Waals surface area (Å²) in [6.45, 7) is 10.5. The number of aromatic nitrogens is 2. The van der Waals surface area contributed by atoms with Crippen LogP contribution in [0.3, 0.4) is 0 Å². The fraction of sp³-hybridized carbons (Fsp3) is 0.636. The molecule has 1 aromatic heterocycles. The van der Waals surface area contributed by atoms with Crippen molar-refractivity contribution in [1.29, 1.82) is 0 Å². The molecule has 0 atom stereocenters. The molecule has 0 radical (unpaired) electrons. The van der Waals surface area contributed by atoms with Crippen molar-refractivity contribution in [3.05, 3.63) is 47.3 Å². The third-order valence-corrected chi connectivity index (χ3v) is 7.75. The number of nitrogens with zero attached hydrogens (tertiary/aromatic N) is 4. The molecular formula is C33H51F6N7O2. The van der Waals surface area contributed by atoms with Crippen LogP contribution in [-0.2, 0) is 28.4 Å². The summed E-state index contributed by atoms with van der Waals surface area (Å²) < 4.78 is 76.5. The van der Waals surface area contributed by atoms with Crippen LogP contribution in [0.4, 0.5) is 38.0 Å². The van der Waals surface area contributed by atoms with Gasteiger partial charge in [0, 0.05) is 51.8 Å². The number of carbonyl (C=O) groups excluding carboxylic acids is 2. The maximum Gasteiger partial charge on any atom is 0.451 e. The number of likely N-dealkylation sites (N-methyl/N-ethyl adjacent to an activating group) is 1. The second-order valence-electron chi connectivity index (χ2n) is 11.1. The Morgan fingerprint density at radius 1 is 0.896 bits per heavy atom. The lowest BCUT2D eigenvalue weighted by Gasteiger charge is -2.33. The number of amides is 1. The van der Waals surface area contributed by atoms with E-state index < -0.39 is 23.7 Å². The second kappa shape index (κ2) is 22.2. The first kappa shape index (κ1) is 42.6. The van der Waals surface area contributed by atoms with Crippen molar-refractivity contribution in [2.75, 3.05) is 62.7 Å². The summed E-state index contributed by atoms with van der Waals surface area (Å²) in [6, 6.07) is 6.96. The Kier molecular flexibility index (Phi) is 19.7. The number of hydrogen-bond donors (Lipinski definition) is 3. The molecule has 1 amide bonds. The van der Waals surface area contributed by atoms with Gasteiger partial charge in [-0.05, 0) is 82.2 Å². The predicted molar refractivity (Wildman–Crippen MR) is 177 cm³/mol. The molecule has 0 unspecified atom stereocenters. The van der Waals surface area contributed by atoms with Crippen LogP contribution < -0.4 is 26.2 Å². The summed E-state index contributed by atoms with van der Waals surface area (Å²) in [4.78, 5) is 31.1. The highest BCUT2D eigenvalue weighted by Crippen LogP contribution is 2.33. The zero-order chi connectivity index (χ0) is 36.2. The van der Waals surface area contributed by atoms with E-state index in [1.165, 1.54) is 12.1 Å². The van der Waals surface area contributed by atoms with Crippen LogP contribution in [0.2, 0.25) is 0 Å². The zero-order valence-corrected chi connectivity index (χ0v) is 28.2. The highest BCUT2D eigenvalue weighted by molar-refractivity contribution is 5.75. The van der Waals surface area contributed by atoms with Gasteiger partial charge in [-0.3, -0.25) is 4.79 Å². The van der Waals surface area contributed by atoms with Gasteiger partial charge in [-0.2, -0.15) is 26.3 Å². The fourth-order valence-corrected chi connectivity index (χ4v) is 5.25. The van der Waals surface area contributed by atoms with Crippen molar-refractivity contribution in [2.24, 2.45) is 11.7 Å². The SMILES string of the molecule is C=O.CC.CNCCc1ccc(C(F)(F)F)cc1.NCCNC(=O)CCCC1CCN(c2cc(N3CCCC3)nc(C(F)(F)F)n2)CC1. The van der Waals surface area contributed by atoms with Gasteiger partial charge in [0.05, 0.1) is 5.56 Å². The summed E-state index contributed by atoms with van der Waals surface area (Å²) in [5, 5.41) is 5.70. The molecule has 4 N–H and O–H groups in total. The lowest BCUT2D eigenvalue weighted by molar-refractivity contribution is -0.144. The van der Waals surface area contributed by atoms with Crippen molar-refractivity contribution in [2.45, 2.75) is 77.6 Å². The minimum absolute atomic E-state index is 0.0213. The van der Waals surface area contributed by atoms with Crippen molar-refractivity contribution in [3.63, 3.8) is 0 Å². The number of anilines is 2. The van der Waals surface area contributed by atoms with E-state index in [-0.39, 0.29) is 5.91 Å². The van der Waals surface area contributed by atoms with E-state index in [4.69, 9.17) is 10.5 Å². The van der Waals surface area contributed by atoms with E-state index in [0.29, 0.717) is 50.2 Å². The summed E-state index contributed by atoms with van der Waals surface area (Å²) >= 11 is 0. The van der Waals surface area contributed by atoms with Crippen LogP contribution in [-0.4, -0.2) is 75.5 Å². The van der Waals surface area contributed by atoms with Gasteiger partial charge in [-0.25, -0.2) is 9.97 Å². The normalized spacial score (nSPS) is 15.0. The van der Waals surface area contributed by atoms with E-state index in [0.717, 1.165) is 82.3 Å². The van der Waals surface area contributed by atoms with Crippen molar-refractivity contribution >= 4 is 24.3 Å². The molecule has 4 rings (SSSR count). The van der Waals surface area contributed by atoms with Gasteiger partial charge < -0.3 is 31.0 Å². The van der Waals surface area contributed by atoms with Gasteiger partial charge in [0.2, 0.25) is 11.7 Å².